The molecule has 1 heterocycles. The van der Waals surface area contributed by atoms with Gasteiger partial charge in [0.25, 0.3) is 5.91 Å². The Morgan fingerprint density at radius 1 is 1.14 bits per heavy atom. The third-order valence-corrected chi connectivity index (χ3v) is 5.87. The van der Waals surface area contributed by atoms with E-state index >= 15 is 0 Å². The molecule has 3 aromatic rings. The summed E-state index contributed by atoms with van der Waals surface area (Å²) in [4.78, 5) is 12.6. The Kier molecular flexibility index (Phi) is 5.91. The van der Waals surface area contributed by atoms with E-state index in [-0.39, 0.29) is 16.8 Å². The molecule has 28 heavy (non-hydrogen) atoms. The monoisotopic (exact) mass is 398 g/mol. The minimum Gasteiger partial charge on any atom is -0.322 e. The Morgan fingerprint density at radius 2 is 1.89 bits per heavy atom. The van der Waals surface area contributed by atoms with E-state index in [1.165, 1.54) is 24.3 Å². The van der Waals surface area contributed by atoms with Crippen LogP contribution in [0.25, 0.3) is 5.69 Å². The lowest BCUT2D eigenvalue weighted by atomic mass is 10.2. The number of carbonyl (C=O) groups is 1. The molecule has 146 valence electrons. The standard InChI is InChI=1S/C20H22N4O3S/c1-3-15(2)23-28(26,27)19-10-8-16(9-11-19)20(25)22-17-6-4-7-18(14-17)24-13-5-12-21-24/h4-15,23H,3H2,1-2H3,(H,22,25). The molecular formula is C20H22N4O3S. The zero-order chi connectivity index (χ0) is 20.1. The first-order valence-corrected chi connectivity index (χ1v) is 10.4. The van der Waals surface area contributed by atoms with Gasteiger partial charge >= 0.3 is 0 Å². The van der Waals surface area contributed by atoms with Crippen molar-refractivity contribution >= 4 is 21.6 Å². The van der Waals surface area contributed by atoms with Crippen molar-refractivity contribution in [2.45, 2.75) is 31.2 Å². The molecule has 2 aromatic carbocycles. The maximum Gasteiger partial charge on any atom is 0.255 e. The van der Waals surface area contributed by atoms with Gasteiger partial charge in [0.2, 0.25) is 10.0 Å². The molecule has 1 aromatic heterocycles. The summed E-state index contributed by atoms with van der Waals surface area (Å²) in [6.07, 6.45) is 4.18. The number of hydrogen-bond donors (Lipinski definition) is 2. The third-order valence-electron chi connectivity index (χ3n) is 4.27. The molecule has 1 amide bonds. The van der Waals surface area contributed by atoms with E-state index in [1.54, 1.807) is 29.9 Å². The van der Waals surface area contributed by atoms with Crippen molar-refractivity contribution in [3.63, 3.8) is 0 Å². The smallest absolute Gasteiger partial charge is 0.255 e. The number of nitrogens with zero attached hydrogens (tertiary/aromatic N) is 2. The first-order valence-electron chi connectivity index (χ1n) is 8.93. The Balaban J connectivity index is 1.73. The maximum atomic E-state index is 12.5. The summed E-state index contributed by atoms with van der Waals surface area (Å²) in [5.41, 5.74) is 1.81. The van der Waals surface area contributed by atoms with Gasteiger partial charge in [-0.15, -0.1) is 0 Å². The van der Waals surface area contributed by atoms with Gasteiger partial charge in [-0.3, -0.25) is 4.79 Å². The molecule has 2 N–H and O–H groups in total. The summed E-state index contributed by atoms with van der Waals surface area (Å²) in [7, 11) is -3.60. The van der Waals surface area contributed by atoms with Gasteiger partial charge in [-0.05, 0) is 61.9 Å². The van der Waals surface area contributed by atoms with Crippen LogP contribution in [-0.4, -0.2) is 30.1 Å². The molecule has 0 radical (unpaired) electrons. The van der Waals surface area contributed by atoms with Gasteiger partial charge in [0.05, 0.1) is 10.6 Å². The van der Waals surface area contributed by atoms with Crippen molar-refractivity contribution in [1.82, 2.24) is 14.5 Å². The number of anilines is 1. The highest BCUT2D eigenvalue weighted by Gasteiger charge is 2.17. The molecule has 0 aliphatic heterocycles. The summed E-state index contributed by atoms with van der Waals surface area (Å²) < 4.78 is 28.9. The van der Waals surface area contributed by atoms with Crippen molar-refractivity contribution in [3.05, 3.63) is 72.6 Å². The summed E-state index contributed by atoms with van der Waals surface area (Å²) in [6.45, 7) is 3.71. The second-order valence-corrected chi connectivity index (χ2v) is 8.12. The average Bonchev–Trinajstić information content (AvgIpc) is 3.23. The van der Waals surface area contributed by atoms with Crippen LogP contribution < -0.4 is 10.0 Å². The molecule has 0 fully saturated rings. The average molecular weight is 398 g/mol. The van der Waals surface area contributed by atoms with Crippen LogP contribution in [0, 0.1) is 0 Å². The first-order chi connectivity index (χ1) is 13.4. The van der Waals surface area contributed by atoms with Crippen LogP contribution in [0.2, 0.25) is 0 Å². The van der Waals surface area contributed by atoms with Crippen LogP contribution in [-0.2, 0) is 10.0 Å². The Hall–Kier alpha value is -2.97. The summed E-state index contributed by atoms with van der Waals surface area (Å²) >= 11 is 0. The van der Waals surface area contributed by atoms with Gasteiger partial charge in [-0.2, -0.15) is 5.10 Å². The molecule has 0 saturated heterocycles. The van der Waals surface area contributed by atoms with Crippen LogP contribution in [0.4, 0.5) is 5.69 Å². The molecule has 3 rings (SSSR count). The highest BCUT2D eigenvalue weighted by molar-refractivity contribution is 7.89. The van der Waals surface area contributed by atoms with Crippen LogP contribution in [0.1, 0.15) is 30.6 Å². The van der Waals surface area contributed by atoms with E-state index in [0.29, 0.717) is 17.7 Å². The molecule has 0 aliphatic rings. The molecule has 0 saturated carbocycles. The Bertz CT molecular complexity index is 1050. The Morgan fingerprint density at radius 3 is 2.54 bits per heavy atom. The maximum absolute atomic E-state index is 12.5. The van der Waals surface area contributed by atoms with Crippen molar-refractivity contribution in [2.75, 3.05) is 5.32 Å². The highest BCUT2D eigenvalue weighted by atomic mass is 32.2. The van der Waals surface area contributed by atoms with E-state index in [1.807, 2.05) is 31.3 Å². The van der Waals surface area contributed by atoms with Crippen LogP contribution in [0.5, 0.6) is 0 Å². The van der Waals surface area contributed by atoms with E-state index < -0.39 is 10.0 Å². The number of nitrogens with one attached hydrogen (secondary N) is 2. The van der Waals surface area contributed by atoms with Crippen molar-refractivity contribution < 1.29 is 13.2 Å². The number of benzene rings is 2. The van der Waals surface area contributed by atoms with Gasteiger partial charge in [-0.25, -0.2) is 17.8 Å². The Labute approximate surface area is 164 Å². The molecule has 1 atom stereocenters. The minimum atomic E-state index is -3.60. The summed E-state index contributed by atoms with van der Waals surface area (Å²) in [5, 5.41) is 6.98. The quantitative estimate of drug-likeness (QED) is 0.639. The van der Waals surface area contributed by atoms with E-state index in [0.717, 1.165) is 5.69 Å². The number of carbonyl (C=O) groups excluding carboxylic acids is 1. The summed E-state index contributed by atoms with van der Waals surface area (Å²) in [6, 6.07) is 14.8. The second kappa shape index (κ2) is 8.37. The van der Waals surface area contributed by atoms with E-state index in [4.69, 9.17) is 0 Å². The fourth-order valence-electron chi connectivity index (χ4n) is 2.55. The molecule has 0 aliphatic carbocycles. The van der Waals surface area contributed by atoms with Crippen LogP contribution in [0.15, 0.2) is 71.9 Å². The second-order valence-electron chi connectivity index (χ2n) is 6.41. The molecule has 0 spiro atoms. The minimum absolute atomic E-state index is 0.130. The lowest BCUT2D eigenvalue weighted by molar-refractivity contribution is 0.102. The van der Waals surface area contributed by atoms with Crippen LogP contribution >= 0.6 is 0 Å². The van der Waals surface area contributed by atoms with Gasteiger partial charge in [0, 0.05) is 29.7 Å². The fourth-order valence-corrected chi connectivity index (χ4v) is 3.88. The zero-order valence-electron chi connectivity index (χ0n) is 15.7. The van der Waals surface area contributed by atoms with Crippen molar-refractivity contribution in [2.24, 2.45) is 0 Å². The topological polar surface area (TPSA) is 93.1 Å². The molecule has 8 heteroatoms. The number of hydrogen-bond acceptors (Lipinski definition) is 4. The molecular weight excluding hydrogens is 376 g/mol. The van der Waals surface area contributed by atoms with Gasteiger partial charge in [0.1, 0.15) is 0 Å². The highest BCUT2D eigenvalue weighted by Crippen LogP contribution is 2.16. The first kappa shape index (κ1) is 19.8. The normalized spacial score (nSPS) is 12.5. The van der Waals surface area contributed by atoms with E-state index in [2.05, 4.69) is 15.1 Å². The van der Waals surface area contributed by atoms with Gasteiger partial charge < -0.3 is 5.32 Å². The predicted octanol–water partition coefficient (Wildman–Crippen LogP) is 3.20. The van der Waals surface area contributed by atoms with Crippen LogP contribution in [0.3, 0.4) is 0 Å². The third kappa shape index (κ3) is 4.65. The number of rotatable bonds is 7. The largest absolute Gasteiger partial charge is 0.322 e. The fraction of sp³-hybridized carbons (Fsp3) is 0.200. The number of sulfonamides is 1. The van der Waals surface area contributed by atoms with Gasteiger partial charge in [-0.1, -0.05) is 13.0 Å². The predicted molar refractivity (Wildman–Crippen MR) is 108 cm³/mol. The molecule has 1 unspecified atom stereocenters. The number of amides is 1. The molecule has 7 nitrogen and oxygen atoms in total. The number of aromatic nitrogens is 2. The zero-order valence-corrected chi connectivity index (χ0v) is 16.5. The SMILES string of the molecule is CCC(C)NS(=O)(=O)c1ccc(C(=O)Nc2cccc(-n3cccn3)c2)cc1. The lowest BCUT2D eigenvalue weighted by Gasteiger charge is -2.12. The van der Waals surface area contributed by atoms with Crippen molar-refractivity contribution in [1.29, 1.82) is 0 Å². The lowest BCUT2D eigenvalue weighted by Crippen LogP contribution is -2.32. The van der Waals surface area contributed by atoms with E-state index in [9.17, 15) is 13.2 Å². The van der Waals surface area contributed by atoms with Crippen molar-refractivity contribution in [3.8, 4) is 5.69 Å². The summed E-state index contributed by atoms with van der Waals surface area (Å²) in [5.74, 6) is -0.323. The molecule has 0 bridgehead atoms. The van der Waals surface area contributed by atoms with Gasteiger partial charge in [0.15, 0.2) is 0 Å².